The third-order valence-corrected chi connectivity index (χ3v) is 2.95. The molecule has 2 aliphatic carbocycles. The van der Waals surface area contributed by atoms with Crippen molar-refractivity contribution in [2.45, 2.75) is 25.7 Å². The van der Waals surface area contributed by atoms with Gasteiger partial charge < -0.3 is 5.41 Å². The quantitative estimate of drug-likeness (QED) is 0.582. The van der Waals surface area contributed by atoms with E-state index in [9.17, 15) is 4.79 Å². The molecule has 2 heteroatoms. The standard InChI is InChI=1S/C10H13NO/c11-10-8-4-2-1-3-7(8)5-6-9(10)12/h5-8,11H,1-4H2. The maximum Gasteiger partial charge on any atom is 0.199 e. The zero-order valence-corrected chi connectivity index (χ0v) is 7.05. The summed E-state index contributed by atoms with van der Waals surface area (Å²) in [5.41, 5.74) is 0.349. The molecule has 0 heterocycles. The number of allylic oxidation sites excluding steroid dienone is 2. The number of carbonyl (C=O) groups excluding carboxylic acids is 1. The van der Waals surface area contributed by atoms with Crippen LogP contribution in [-0.2, 0) is 4.79 Å². The Morgan fingerprint density at radius 3 is 2.92 bits per heavy atom. The van der Waals surface area contributed by atoms with Gasteiger partial charge in [0, 0.05) is 5.92 Å². The molecule has 12 heavy (non-hydrogen) atoms. The average Bonchev–Trinajstić information content (AvgIpc) is 2.12. The summed E-state index contributed by atoms with van der Waals surface area (Å²) in [6.45, 7) is 0. The van der Waals surface area contributed by atoms with Crippen molar-refractivity contribution in [1.82, 2.24) is 0 Å². The van der Waals surface area contributed by atoms with Crippen molar-refractivity contribution in [3.05, 3.63) is 12.2 Å². The summed E-state index contributed by atoms with van der Waals surface area (Å²) in [5, 5.41) is 7.62. The molecule has 0 amide bonds. The fourth-order valence-electron chi connectivity index (χ4n) is 2.23. The summed E-state index contributed by atoms with van der Waals surface area (Å²) in [4.78, 5) is 11.1. The molecule has 0 aliphatic heterocycles. The summed E-state index contributed by atoms with van der Waals surface area (Å²) in [6.07, 6.45) is 8.23. The summed E-state index contributed by atoms with van der Waals surface area (Å²) in [7, 11) is 0. The van der Waals surface area contributed by atoms with E-state index in [1.165, 1.54) is 12.8 Å². The first-order valence-corrected chi connectivity index (χ1v) is 4.60. The number of rotatable bonds is 0. The molecule has 1 fully saturated rings. The van der Waals surface area contributed by atoms with E-state index >= 15 is 0 Å². The topological polar surface area (TPSA) is 40.9 Å². The smallest absolute Gasteiger partial charge is 0.199 e. The van der Waals surface area contributed by atoms with Crippen LogP contribution < -0.4 is 0 Å². The number of ketones is 1. The summed E-state index contributed by atoms with van der Waals surface area (Å²) < 4.78 is 0. The maximum atomic E-state index is 11.1. The highest BCUT2D eigenvalue weighted by molar-refractivity contribution is 6.44. The molecule has 2 atom stereocenters. The lowest BCUT2D eigenvalue weighted by Gasteiger charge is -2.31. The van der Waals surface area contributed by atoms with Gasteiger partial charge in [-0.25, -0.2) is 0 Å². The molecular formula is C10H13NO. The van der Waals surface area contributed by atoms with E-state index in [1.54, 1.807) is 6.08 Å². The maximum absolute atomic E-state index is 11.1. The van der Waals surface area contributed by atoms with Crippen molar-refractivity contribution in [3.8, 4) is 0 Å². The largest absolute Gasteiger partial charge is 0.301 e. The van der Waals surface area contributed by atoms with Crippen LogP contribution in [0.25, 0.3) is 0 Å². The Balaban J connectivity index is 2.24. The highest BCUT2D eigenvalue weighted by atomic mass is 16.1. The molecule has 0 radical (unpaired) electrons. The Bertz CT molecular complexity index is 255. The predicted molar refractivity (Wildman–Crippen MR) is 47.3 cm³/mol. The molecule has 0 spiro atoms. The number of hydrogen-bond donors (Lipinski definition) is 1. The number of nitrogens with one attached hydrogen (secondary N) is 1. The molecule has 1 N–H and O–H groups in total. The van der Waals surface area contributed by atoms with Gasteiger partial charge in [0.05, 0.1) is 5.71 Å². The molecular weight excluding hydrogens is 150 g/mol. The monoisotopic (exact) mass is 163 g/mol. The van der Waals surface area contributed by atoms with Gasteiger partial charge in [-0.1, -0.05) is 18.9 Å². The zero-order valence-electron chi connectivity index (χ0n) is 7.05. The highest BCUT2D eigenvalue weighted by Crippen LogP contribution is 2.34. The normalized spacial score (nSPS) is 35.0. The van der Waals surface area contributed by atoms with Crippen LogP contribution >= 0.6 is 0 Å². The van der Waals surface area contributed by atoms with E-state index in [0.717, 1.165) is 12.8 Å². The van der Waals surface area contributed by atoms with Crippen molar-refractivity contribution in [2.24, 2.45) is 11.8 Å². The van der Waals surface area contributed by atoms with Crippen molar-refractivity contribution >= 4 is 11.5 Å². The lowest BCUT2D eigenvalue weighted by molar-refractivity contribution is -0.109. The van der Waals surface area contributed by atoms with Crippen LogP contribution in [0.2, 0.25) is 0 Å². The molecule has 2 rings (SSSR count). The first-order chi connectivity index (χ1) is 5.79. The van der Waals surface area contributed by atoms with Gasteiger partial charge >= 0.3 is 0 Å². The molecule has 0 bridgehead atoms. The first kappa shape index (κ1) is 7.71. The first-order valence-electron chi connectivity index (χ1n) is 4.60. The second-order valence-electron chi connectivity index (χ2n) is 3.69. The minimum atomic E-state index is -0.0712. The third-order valence-electron chi connectivity index (χ3n) is 2.95. The molecule has 2 unspecified atom stereocenters. The van der Waals surface area contributed by atoms with E-state index in [4.69, 9.17) is 5.41 Å². The van der Waals surface area contributed by atoms with E-state index < -0.39 is 0 Å². The minimum absolute atomic E-state index is 0.0712. The number of hydrogen-bond acceptors (Lipinski definition) is 2. The minimum Gasteiger partial charge on any atom is -0.301 e. The van der Waals surface area contributed by atoms with Gasteiger partial charge in [-0.3, -0.25) is 4.79 Å². The predicted octanol–water partition coefficient (Wildman–Crippen LogP) is 1.95. The molecule has 1 saturated carbocycles. The van der Waals surface area contributed by atoms with E-state index in [2.05, 4.69) is 0 Å². The van der Waals surface area contributed by atoms with Crippen LogP contribution in [0.5, 0.6) is 0 Å². The molecule has 64 valence electrons. The number of carbonyl (C=O) groups is 1. The third kappa shape index (κ3) is 1.11. The van der Waals surface area contributed by atoms with E-state index in [0.29, 0.717) is 11.6 Å². The molecule has 0 saturated heterocycles. The molecule has 2 aliphatic rings. The van der Waals surface area contributed by atoms with Crippen molar-refractivity contribution in [1.29, 1.82) is 5.41 Å². The van der Waals surface area contributed by atoms with Gasteiger partial charge in [0.25, 0.3) is 0 Å². The van der Waals surface area contributed by atoms with Crippen LogP contribution in [0.3, 0.4) is 0 Å². The average molecular weight is 163 g/mol. The Labute approximate surface area is 72.2 Å². The van der Waals surface area contributed by atoms with Crippen molar-refractivity contribution in [3.63, 3.8) is 0 Å². The van der Waals surface area contributed by atoms with E-state index in [-0.39, 0.29) is 11.7 Å². The van der Waals surface area contributed by atoms with Gasteiger partial charge in [0.15, 0.2) is 5.78 Å². The Kier molecular flexibility index (Phi) is 1.83. The SMILES string of the molecule is N=C1C(=O)C=CC2CCCCC12. The van der Waals surface area contributed by atoms with Crippen molar-refractivity contribution in [2.75, 3.05) is 0 Å². The van der Waals surface area contributed by atoms with Gasteiger partial charge in [0.1, 0.15) is 0 Å². The second kappa shape index (κ2) is 2.85. The Morgan fingerprint density at radius 2 is 2.08 bits per heavy atom. The Morgan fingerprint density at radius 1 is 1.33 bits per heavy atom. The van der Waals surface area contributed by atoms with E-state index in [1.807, 2.05) is 6.08 Å². The highest BCUT2D eigenvalue weighted by Gasteiger charge is 2.32. The summed E-state index contributed by atoms with van der Waals surface area (Å²) >= 11 is 0. The van der Waals surface area contributed by atoms with Gasteiger partial charge in [-0.15, -0.1) is 0 Å². The van der Waals surface area contributed by atoms with Crippen molar-refractivity contribution < 1.29 is 4.79 Å². The zero-order chi connectivity index (χ0) is 8.55. The Hall–Kier alpha value is -0.920. The molecule has 0 aromatic rings. The lowest BCUT2D eigenvalue weighted by atomic mass is 9.73. The fraction of sp³-hybridized carbons (Fsp3) is 0.600. The van der Waals surface area contributed by atoms with Crippen LogP contribution in [0.1, 0.15) is 25.7 Å². The van der Waals surface area contributed by atoms with Gasteiger partial charge in [0.2, 0.25) is 0 Å². The lowest BCUT2D eigenvalue weighted by Crippen LogP contribution is -2.33. The van der Waals surface area contributed by atoms with Crippen LogP contribution in [0.15, 0.2) is 12.2 Å². The fourth-order valence-corrected chi connectivity index (χ4v) is 2.23. The summed E-state index contributed by atoms with van der Waals surface area (Å²) in [6, 6.07) is 0. The van der Waals surface area contributed by atoms with Gasteiger partial charge in [-0.05, 0) is 24.8 Å². The number of fused-ring (bicyclic) bond motifs is 1. The van der Waals surface area contributed by atoms with Gasteiger partial charge in [-0.2, -0.15) is 0 Å². The summed E-state index contributed by atoms with van der Waals surface area (Å²) in [5.74, 6) is 0.665. The molecule has 0 aromatic heterocycles. The van der Waals surface area contributed by atoms with Crippen LogP contribution in [0, 0.1) is 17.2 Å². The molecule has 2 nitrogen and oxygen atoms in total. The molecule has 0 aromatic carbocycles. The van der Waals surface area contributed by atoms with Crippen LogP contribution in [-0.4, -0.2) is 11.5 Å². The second-order valence-corrected chi connectivity index (χ2v) is 3.69. The van der Waals surface area contributed by atoms with Crippen LogP contribution in [0.4, 0.5) is 0 Å².